The minimum atomic E-state index is -0.0375. The van der Waals surface area contributed by atoms with Crippen molar-refractivity contribution in [1.82, 2.24) is 25.2 Å². The second kappa shape index (κ2) is 6.99. The van der Waals surface area contributed by atoms with Crippen LogP contribution in [0.2, 0.25) is 0 Å². The number of anilines is 1. The van der Waals surface area contributed by atoms with Gasteiger partial charge in [0.2, 0.25) is 5.91 Å². The zero-order chi connectivity index (χ0) is 18.1. The fourth-order valence-electron chi connectivity index (χ4n) is 3.71. The van der Waals surface area contributed by atoms with Gasteiger partial charge in [0.25, 0.3) is 0 Å². The summed E-state index contributed by atoms with van der Waals surface area (Å²) in [6.45, 7) is 2.20. The predicted octanol–water partition coefficient (Wildman–Crippen LogP) is 1.24. The van der Waals surface area contributed by atoms with E-state index in [4.69, 9.17) is 9.97 Å². The Morgan fingerprint density at radius 3 is 2.92 bits per heavy atom. The van der Waals surface area contributed by atoms with Gasteiger partial charge in [-0.05, 0) is 37.9 Å². The standard InChI is InChI=1S/C19H24N6O/c1-24(2)18-14-7-10-25(19(26)15-6-4-9-21-15)12-16(14)22-17(23-18)13-5-3-8-20-11-13/h3,5,8,11,15,21H,4,6-7,9-10,12H2,1-2H3/t15-/m1/s1. The first kappa shape index (κ1) is 16.9. The van der Waals surface area contributed by atoms with E-state index in [1.54, 1.807) is 12.4 Å². The second-order valence-corrected chi connectivity index (χ2v) is 7.09. The molecule has 1 N–H and O–H groups in total. The Balaban J connectivity index is 1.68. The number of fused-ring (bicyclic) bond motifs is 1. The van der Waals surface area contributed by atoms with Crippen LogP contribution in [-0.4, -0.2) is 59.0 Å². The molecule has 1 saturated heterocycles. The summed E-state index contributed by atoms with van der Waals surface area (Å²) < 4.78 is 0. The fourth-order valence-corrected chi connectivity index (χ4v) is 3.71. The van der Waals surface area contributed by atoms with E-state index in [-0.39, 0.29) is 11.9 Å². The first-order valence-electron chi connectivity index (χ1n) is 9.13. The van der Waals surface area contributed by atoms with Gasteiger partial charge in [0.05, 0.1) is 18.3 Å². The molecule has 4 rings (SSSR count). The van der Waals surface area contributed by atoms with Gasteiger partial charge in [-0.15, -0.1) is 0 Å². The lowest BCUT2D eigenvalue weighted by molar-refractivity contribution is -0.134. The molecule has 0 spiro atoms. The van der Waals surface area contributed by atoms with Gasteiger partial charge in [0.15, 0.2) is 5.82 Å². The smallest absolute Gasteiger partial charge is 0.240 e. The lowest BCUT2D eigenvalue weighted by atomic mass is 10.0. The number of nitrogens with zero attached hydrogens (tertiary/aromatic N) is 5. The van der Waals surface area contributed by atoms with Crippen molar-refractivity contribution in [3.63, 3.8) is 0 Å². The summed E-state index contributed by atoms with van der Waals surface area (Å²) in [4.78, 5) is 30.5. The highest BCUT2D eigenvalue weighted by molar-refractivity contribution is 5.82. The molecule has 0 aromatic carbocycles. The molecule has 2 aliphatic heterocycles. The Bertz CT molecular complexity index is 801. The van der Waals surface area contributed by atoms with Gasteiger partial charge < -0.3 is 15.1 Å². The highest BCUT2D eigenvalue weighted by Crippen LogP contribution is 2.29. The van der Waals surface area contributed by atoms with Crippen LogP contribution in [0.25, 0.3) is 11.4 Å². The van der Waals surface area contributed by atoms with Crippen LogP contribution in [0.15, 0.2) is 24.5 Å². The molecule has 0 unspecified atom stereocenters. The minimum Gasteiger partial charge on any atom is -0.362 e. The minimum absolute atomic E-state index is 0.0375. The summed E-state index contributed by atoms with van der Waals surface area (Å²) in [6, 6.07) is 3.81. The number of hydrogen-bond acceptors (Lipinski definition) is 6. The number of nitrogens with one attached hydrogen (secondary N) is 1. The zero-order valence-electron chi connectivity index (χ0n) is 15.3. The molecule has 2 aliphatic rings. The summed E-state index contributed by atoms with van der Waals surface area (Å²) in [5.74, 6) is 1.79. The number of carbonyl (C=O) groups excluding carboxylic acids is 1. The first-order chi connectivity index (χ1) is 12.6. The molecule has 7 nitrogen and oxygen atoms in total. The van der Waals surface area contributed by atoms with Gasteiger partial charge >= 0.3 is 0 Å². The number of rotatable bonds is 3. The Hall–Kier alpha value is -2.54. The highest BCUT2D eigenvalue weighted by Gasteiger charge is 2.31. The molecule has 0 saturated carbocycles. The monoisotopic (exact) mass is 352 g/mol. The van der Waals surface area contributed by atoms with Crippen LogP contribution in [-0.2, 0) is 17.8 Å². The van der Waals surface area contributed by atoms with E-state index in [0.717, 1.165) is 55.0 Å². The van der Waals surface area contributed by atoms with Gasteiger partial charge in [-0.2, -0.15) is 0 Å². The lowest BCUT2D eigenvalue weighted by Gasteiger charge is -2.32. The maximum absolute atomic E-state index is 12.8. The first-order valence-corrected chi connectivity index (χ1v) is 9.13. The molecule has 2 aromatic heterocycles. The molecule has 136 valence electrons. The van der Waals surface area contributed by atoms with Crippen molar-refractivity contribution in [2.45, 2.75) is 31.8 Å². The van der Waals surface area contributed by atoms with Gasteiger partial charge in [0, 0.05) is 44.2 Å². The maximum atomic E-state index is 12.8. The summed E-state index contributed by atoms with van der Waals surface area (Å²) in [6.07, 6.45) is 6.29. The zero-order valence-corrected chi connectivity index (χ0v) is 15.3. The summed E-state index contributed by atoms with van der Waals surface area (Å²) in [7, 11) is 3.99. The number of aromatic nitrogens is 3. The van der Waals surface area contributed by atoms with Gasteiger partial charge in [-0.1, -0.05) is 0 Å². The number of hydrogen-bond donors (Lipinski definition) is 1. The van der Waals surface area contributed by atoms with Crippen LogP contribution >= 0.6 is 0 Å². The molecular weight excluding hydrogens is 328 g/mol. The molecule has 1 amide bonds. The van der Waals surface area contributed by atoms with Crippen LogP contribution in [0.1, 0.15) is 24.1 Å². The second-order valence-electron chi connectivity index (χ2n) is 7.09. The molecule has 2 aromatic rings. The number of pyridine rings is 1. The van der Waals surface area contributed by atoms with Crippen molar-refractivity contribution in [2.75, 3.05) is 32.1 Å². The van der Waals surface area contributed by atoms with E-state index < -0.39 is 0 Å². The molecule has 0 aliphatic carbocycles. The maximum Gasteiger partial charge on any atom is 0.240 e. The highest BCUT2D eigenvalue weighted by atomic mass is 16.2. The largest absolute Gasteiger partial charge is 0.362 e. The summed E-state index contributed by atoms with van der Waals surface area (Å²) >= 11 is 0. The van der Waals surface area contributed by atoms with E-state index in [1.807, 2.05) is 36.0 Å². The average molecular weight is 352 g/mol. The van der Waals surface area contributed by atoms with Crippen LogP contribution in [0.5, 0.6) is 0 Å². The fraction of sp³-hybridized carbons (Fsp3) is 0.474. The Kier molecular flexibility index (Phi) is 4.55. The SMILES string of the molecule is CN(C)c1nc(-c2cccnc2)nc2c1CCN(C(=O)[C@H]1CCCN1)C2. The number of carbonyl (C=O) groups is 1. The topological polar surface area (TPSA) is 74.2 Å². The van der Waals surface area contributed by atoms with Crippen molar-refractivity contribution >= 4 is 11.7 Å². The molecule has 7 heteroatoms. The Labute approximate surface area is 153 Å². The van der Waals surface area contributed by atoms with Gasteiger partial charge in [0.1, 0.15) is 5.82 Å². The normalized spacial score (nSPS) is 19.3. The molecule has 26 heavy (non-hydrogen) atoms. The molecule has 4 heterocycles. The van der Waals surface area contributed by atoms with Crippen molar-refractivity contribution < 1.29 is 4.79 Å². The average Bonchev–Trinajstić information content (AvgIpc) is 3.21. The van der Waals surface area contributed by atoms with E-state index in [9.17, 15) is 4.79 Å². The molecule has 0 bridgehead atoms. The molecule has 1 fully saturated rings. The van der Waals surface area contributed by atoms with E-state index in [2.05, 4.69) is 10.3 Å². The summed E-state index contributed by atoms with van der Waals surface area (Å²) in [5, 5.41) is 3.30. The third-order valence-electron chi connectivity index (χ3n) is 5.06. The van der Waals surface area contributed by atoms with E-state index in [1.165, 1.54) is 0 Å². The van der Waals surface area contributed by atoms with Crippen molar-refractivity contribution in [3.8, 4) is 11.4 Å². The molecule has 1 atom stereocenters. The van der Waals surface area contributed by atoms with Crippen molar-refractivity contribution in [1.29, 1.82) is 0 Å². The van der Waals surface area contributed by atoms with Gasteiger partial charge in [-0.3, -0.25) is 9.78 Å². The third-order valence-corrected chi connectivity index (χ3v) is 5.06. The third kappa shape index (κ3) is 3.14. The number of amides is 1. The Morgan fingerprint density at radius 2 is 2.23 bits per heavy atom. The Morgan fingerprint density at radius 1 is 1.35 bits per heavy atom. The van der Waals surface area contributed by atoms with Gasteiger partial charge in [-0.25, -0.2) is 9.97 Å². The lowest BCUT2D eigenvalue weighted by Crippen LogP contribution is -2.46. The van der Waals surface area contributed by atoms with E-state index in [0.29, 0.717) is 12.4 Å². The molecular formula is C19H24N6O. The van der Waals surface area contributed by atoms with Crippen LogP contribution in [0, 0.1) is 0 Å². The van der Waals surface area contributed by atoms with Crippen LogP contribution < -0.4 is 10.2 Å². The quantitative estimate of drug-likeness (QED) is 0.896. The van der Waals surface area contributed by atoms with Crippen molar-refractivity contribution in [3.05, 3.63) is 35.8 Å². The molecule has 0 radical (unpaired) electrons. The van der Waals surface area contributed by atoms with E-state index >= 15 is 0 Å². The van der Waals surface area contributed by atoms with Crippen LogP contribution in [0.4, 0.5) is 5.82 Å². The summed E-state index contributed by atoms with van der Waals surface area (Å²) in [5.41, 5.74) is 2.98. The van der Waals surface area contributed by atoms with Crippen LogP contribution in [0.3, 0.4) is 0 Å². The predicted molar refractivity (Wildman–Crippen MR) is 99.7 cm³/mol. The van der Waals surface area contributed by atoms with Crippen molar-refractivity contribution in [2.24, 2.45) is 0 Å².